The summed E-state index contributed by atoms with van der Waals surface area (Å²) in [5.41, 5.74) is 0. The third-order valence-electron chi connectivity index (χ3n) is 2.27. The van der Waals surface area contributed by atoms with Gasteiger partial charge in [-0.3, -0.25) is 4.79 Å². The van der Waals surface area contributed by atoms with Crippen molar-refractivity contribution in [3.63, 3.8) is 0 Å². The predicted octanol–water partition coefficient (Wildman–Crippen LogP) is -0.337. The predicted molar refractivity (Wildman–Crippen MR) is 63.0 cm³/mol. The molecule has 0 spiro atoms. The highest BCUT2D eigenvalue weighted by Gasteiger charge is 2.15. The van der Waals surface area contributed by atoms with Crippen molar-refractivity contribution in [1.82, 2.24) is 4.90 Å². The van der Waals surface area contributed by atoms with Crippen molar-refractivity contribution in [2.24, 2.45) is 5.92 Å². The standard InChI is InChI=1S/C11H23NO5/c1-9(11(14)15)6-12(2)7-10(13)8-17-5-4-16-3/h9-10,13H,4-8H2,1-3H3,(H,14,15). The number of likely N-dealkylation sites (N-methyl/N-ethyl adjacent to an activating group) is 1. The number of methoxy groups -OCH3 is 1. The first-order valence-electron chi connectivity index (χ1n) is 5.63. The molecule has 0 saturated carbocycles. The van der Waals surface area contributed by atoms with Crippen LogP contribution in [0.2, 0.25) is 0 Å². The Balaban J connectivity index is 3.64. The zero-order chi connectivity index (χ0) is 13.3. The molecule has 0 aliphatic carbocycles. The Kier molecular flexibility index (Phi) is 8.97. The van der Waals surface area contributed by atoms with Gasteiger partial charge in [-0.05, 0) is 7.05 Å². The Bertz CT molecular complexity index is 212. The lowest BCUT2D eigenvalue weighted by Gasteiger charge is -2.22. The second-order valence-electron chi connectivity index (χ2n) is 4.18. The molecular weight excluding hydrogens is 226 g/mol. The minimum absolute atomic E-state index is 0.231. The van der Waals surface area contributed by atoms with Gasteiger partial charge in [0.1, 0.15) is 0 Å². The van der Waals surface area contributed by atoms with Gasteiger partial charge in [-0.1, -0.05) is 6.92 Å². The molecule has 6 heteroatoms. The summed E-state index contributed by atoms with van der Waals surface area (Å²) in [7, 11) is 3.36. The van der Waals surface area contributed by atoms with E-state index in [1.54, 1.807) is 26.0 Å². The van der Waals surface area contributed by atoms with Crippen LogP contribution in [0.15, 0.2) is 0 Å². The number of hydrogen-bond donors (Lipinski definition) is 2. The molecule has 0 fully saturated rings. The number of hydrogen-bond acceptors (Lipinski definition) is 5. The molecule has 0 amide bonds. The van der Waals surface area contributed by atoms with Gasteiger partial charge >= 0.3 is 5.97 Å². The molecule has 0 aliphatic rings. The van der Waals surface area contributed by atoms with Gasteiger partial charge in [0.2, 0.25) is 0 Å². The highest BCUT2D eigenvalue weighted by Crippen LogP contribution is 1.99. The average molecular weight is 249 g/mol. The normalized spacial score (nSPS) is 14.9. The highest BCUT2D eigenvalue weighted by molar-refractivity contribution is 5.69. The van der Waals surface area contributed by atoms with Crippen LogP contribution in [0, 0.1) is 5.92 Å². The van der Waals surface area contributed by atoms with E-state index in [4.69, 9.17) is 14.6 Å². The number of aliphatic carboxylic acids is 1. The molecule has 0 aromatic heterocycles. The monoisotopic (exact) mass is 249 g/mol. The minimum Gasteiger partial charge on any atom is -0.481 e. The lowest BCUT2D eigenvalue weighted by Crippen LogP contribution is -2.36. The van der Waals surface area contributed by atoms with Gasteiger partial charge in [0, 0.05) is 20.2 Å². The van der Waals surface area contributed by atoms with Gasteiger partial charge in [0.25, 0.3) is 0 Å². The lowest BCUT2D eigenvalue weighted by molar-refractivity contribution is -0.141. The van der Waals surface area contributed by atoms with Crippen LogP contribution in [0.4, 0.5) is 0 Å². The van der Waals surface area contributed by atoms with Crippen molar-refractivity contribution < 1.29 is 24.5 Å². The van der Waals surface area contributed by atoms with Crippen LogP contribution in [0.1, 0.15) is 6.92 Å². The maximum atomic E-state index is 10.6. The Morgan fingerprint density at radius 2 is 2.00 bits per heavy atom. The summed E-state index contributed by atoms with van der Waals surface area (Å²) in [5, 5.41) is 18.4. The molecule has 2 N–H and O–H groups in total. The average Bonchev–Trinajstić information content (AvgIpc) is 2.24. The van der Waals surface area contributed by atoms with Gasteiger partial charge in [-0.25, -0.2) is 0 Å². The maximum absolute atomic E-state index is 10.6. The van der Waals surface area contributed by atoms with E-state index in [0.717, 1.165) is 0 Å². The summed E-state index contributed by atoms with van der Waals surface area (Å²) in [6, 6.07) is 0. The molecular formula is C11H23NO5. The summed E-state index contributed by atoms with van der Waals surface area (Å²) in [4.78, 5) is 12.4. The quantitative estimate of drug-likeness (QED) is 0.516. The van der Waals surface area contributed by atoms with E-state index in [1.165, 1.54) is 0 Å². The summed E-state index contributed by atoms with van der Waals surface area (Å²) >= 11 is 0. The topological polar surface area (TPSA) is 79.2 Å². The number of carboxylic acid groups (broad SMARTS) is 1. The molecule has 102 valence electrons. The number of ether oxygens (including phenoxy) is 2. The summed E-state index contributed by atoms with van der Waals surface area (Å²) in [6.45, 7) is 3.62. The van der Waals surface area contributed by atoms with Gasteiger partial charge in [0.05, 0.1) is 31.8 Å². The Morgan fingerprint density at radius 3 is 2.53 bits per heavy atom. The van der Waals surface area contributed by atoms with Crippen LogP contribution in [0.3, 0.4) is 0 Å². The zero-order valence-electron chi connectivity index (χ0n) is 10.8. The van der Waals surface area contributed by atoms with Crippen molar-refractivity contribution in [3.8, 4) is 0 Å². The Hall–Kier alpha value is -0.690. The first-order chi connectivity index (χ1) is 7.97. The van der Waals surface area contributed by atoms with Crippen molar-refractivity contribution in [2.75, 3.05) is 47.1 Å². The van der Waals surface area contributed by atoms with Crippen molar-refractivity contribution in [3.05, 3.63) is 0 Å². The molecule has 0 aromatic carbocycles. The van der Waals surface area contributed by atoms with E-state index in [9.17, 15) is 9.90 Å². The zero-order valence-corrected chi connectivity index (χ0v) is 10.8. The smallest absolute Gasteiger partial charge is 0.307 e. The fraction of sp³-hybridized carbons (Fsp3) is 0.909. The molecule has 0 radical (unpaired) electrons. The van der Waals surface area contributed by atoms with E-state index in [-0.39, 0.29) is 6.61 Å². The Labute approximate surface area is 102 Å². The molecule has 0 aromatic rings. The van der Waals surface area contributed by atoms with Gasteiger partial charge in [0.15, 0.2) is 0 Å². The first kappa shape index (κ1) is 16.3. The maximum Gasteiger partial charge on any atom is 0.307 e. The van der Waals surface area contributed by atoms with Crippen molar-refractivity contribution in [2.45, 2.75) is 13.0 Å². The van der Waals surface area contributed by atoms with Crippen LogP contribution < -0.4 is 0 Å². The summed E-state index contributed by atoms with van der Waals surface area (Å²) < 4.78 is 9.97. The second-order valence-corrected chi connectivity index (χ2v) is 4.18. The van der Waals surface area contributed by atoms with E-state index in [1.807, 2.05) is 0 Å². The molecule has 0 heterocycles. The van der Waals surface area contributed by atoms with Crippen LogP contribution >= 0.6 is 0 Å². The Morgan fingerprint density at radius 1 is 1.35 bits per heavy atom. The summed E-state index contributed by atoms with van der Waals surface area (Å²) in [6.07, 6.45) is -0.613. The molecule has 0 bridgehead atoms. The van der Waals surface area contributed by atoms with Crippen LogP contribution in [0.5, 0.6) is 0 Å². The van der Waals surface area contributed by atoms with Crippen molar-refractivity contribution >= 4 is 5.97 Å². The highest BCUT2D eigenvalue weighted by atomic mass is 16.5. The van der Waals surface area contributed by atoms with E-state index >= 15 is 0 Å². The molecule has 6 nitrogen and oxygen atoms in total. The van der Waals surface area contributed by atoms with Gasteiger partial charge in [-0.15, -0.1) is 0 Å². The number of nitrogens with zero attached hydrogens (tertiary/aromatic N) is 1. The summed E-state index contributed by atoms with van der Waals surface area (Å²) in [5.74, 6) is -1.27. The number of aliphatic hydroxyl groups is 1. The fourth-order valence-electron chi connectivity index (χ4n) is 1.39. The third kappa shape index (κ3) is 9.05. The van der Waals surface area contributed by atoms with E-state index in [2.05, 4.69) is 0 Å². The van der Waals surface area contributed by atoms with E-state index < -0.39 is 18.0 Å². The number of carbonyl (C=O) groups is 1. The minimum atomic E-state index is -0.831. The van der Waals surface area contributed by atoms with Gasteiger partial charge < -0.3 is 24.6 Å². The van der Waals surface area contributed by atoms with Crippen LogP contribution in [-0.2, 0) is 14.3 Å². The molecule has 17 heavy (non-hydrogen) atoms. The van der Waals surface area contributed by atoms with Gasteiger partial charge in [-0.2, -0.15) is 0 Å². The lowest BCUT2D eigenvalue weighted by atomic mass is 10.1. The number of rotatable bonds is 10. The third-order valence-corrected chi connectivity index (χ3v) is 2.27. The second kappa shape index (κ2) is 9.35. The number of carboxylic acids is 1. The van der Waals surface area contributed by atoms with E-state index in [0.29, 0.717) is 26.3 Å². The van der Waals surface area contributed by atoms with Crippen LogP contribution in [0.25, 0.3) is 0 Å². The largest absolute Gasteiger partial charge is 0.481 e. The van der Waals surface area contributed by atoms with Crippen molar-refractivity contribution in [1.29, 1.82) is 0 Å². The molecule has 0 saturated heterocycles. The van der Waals surface area contributed by atoms with Crippen LogP contribution in [-0.4, -0.2) is 74.3 Å². The SMILES string of the molecule is COCCOCC(O)CN(C)CC(C)C(=O)O. The number of aliphatic hydroxyl groups excluding tert-OH is 1. The molecule has 0 aliphatic heterocycles. The molecule has 2 unspecified atom stereocenters. The fourth-order valence-corrected chi connectivity index (χ4v) is 1.39. The first-order valence-corrected chi connectivity index (χ1v) is 5.63. The molecule has 2 atom stereocenters. The molecule has 0 rings (SSSR count).